The molecule has 1 amide bonds. The van der Waals surface area contributed by atoms with Crippen molar-refractivity contribution in [3.8, 4) is 0 Å². The Labute approximate surface area is 156 Å². The maximum atomic E-state index is 12.8. The topological polar surface area (TPSA) is 96.8 Å². The average molecular weight is 361 g/mol. The third-order valence-electron chi connectivity index (χ3n) is 4.42. The van der Waals surface area contributed by atoms with Crippen molar-refractivity contribution in [1.29, 1.82) is 0 Å². The molecular weight excluding hydrogens is 342 g/mol. The number of pyridine rings is 1. The largest absolute Gasteiger partial charge is 0.329 e. The fourth-order valence-electron chi connectivity index (χ4n) is 3.27. The van der Waals surface area contributed by atoms with Gasteiger partial charge in [0, 0.05) is 31.2 Å². The van der Waals surface area contributed by atoms with Gasteiger partial charge >= 0.3 is 0 Å². The number of rotatable bonds is 4. The molecule has 1 aliphatic rings. The molecule has 8 heteroatoms. The predicted molar refractivity (Wildman–Crippen MR) is 99.3 cm³/mol. The van der Waals surface area contributed by atoms with E-state index in [1.54, 1.807) is 12.4 Å². The lowest BCUT2D eigenvalue weighted by Gasteiger charge is -2.24. The van der Waals surface area contributed by atoms with Crippen molar-refractivity contribution >= 4 is 17.5 Å². The molecular formula is C19H19N7O. The summed E-state index contributed by atoms with van der Waals surface area (Å²) in [5, 5.41) is 3.20. The van der Waals surface area contributed by atoms with E-state index < -0.39 is 0 Å². The number of amides is 1. The van der Waals surface area contributed by atoms with Crippen LogP contribution >= 0.6 is 0 Å². The van der Waals surface area contributed by atoms with Gasteiger partial charge in [-0.2, -0.15) is 0 Å². The summed E-state index contributed by atoms with van der Waals surface area (Å²) in [6.07, 6.45) is 8.07. The lowest BCUT2D eigenvalue weighted by Crippen LogP contribution is -2.31. The van der Waals surface area contributed by atoms with E-state index in [0.29, 0.717) is 29.7 Å². The molecule has 4 rings (SSSR count). The van der Waals surface area contributed by atoms with Crippen LogP contribution in [0.2, 0.25) is 0 Å². The van der Waals surface area contributed by atoms with Crippen molar-refractivity contribution in [3.63, 3.8) is 0 Å². The molecule has 1 atom stereocenters. The van der Waals surface area contributed by atoms with Crippen molar-refractivity contribution in [1.82, 2.24) is 29.8 Å². The third kappa shape index (κ3) is 3.74. The lowest BCUT2D eigenvalue weighted by molar-refractivity contribution is 0.0726. The van der Waals surface area contributed by atoms with Crippen molar-refractivity contribution in [3.05, 3.63) is 66.3 Å². The maximum absolute atomic E-state index is 12.8. The highest BCUT2D eigenvalue weighted by molar-refractivity contribution is 5.92. The van der Waals surface area contributed by atoms with Crippen LogP contribution in [0.1, 0.15) is 40.9 Å². The normalized spacial score (nSPS) is 16.3. The minimum atomic E-state index is -0.124. The molecule has 0 radical (unpaired) electrons. The molecule has 1 N–H and O–H groups in total. The van der Waals surface area contributed by atoms with Gasteiger partial charge in [-0.3, -0.25) is 9.78 Å². The summed E-state index contributed by atoms with van der Waals surface area (Å²) >= 11 is 0. The van der Waals surface area contributed by atoms with Crippen LogP contribution in [0.25, 0.3) is 0 Å². The van der Waals surface area contributed by atoms with Crippen LogP contribution in [0.4, 0.5) is 11.6 Å². The molecule has 3 aromatic heterocycles. The Morgan fingerprint density at radius 1 is 1.15 bits per heavy atom. The van der Waals surface area contributed by atoms with E-state index in [9.17, 15) is 4.79 Å². The highest BCUT2D eigenvalue weighted by atomic mass is 16.2. The van der Waals surface area contributed by atoms with Crippen LogP contribution in [-0.4, -0.2) is 42.3 Å². The Bertz CT molecular complexity index is 933. The second kappa shape index (κ2) is 7.45. The highest BCUT2D eigenvalue weighted by Crippen LogP contribution is 2.33. The van der Waals surface area contributed by atoms with Gasteiger partial charge in [0.1, 0.15) is 23.2 Å². The van der Waals surface area contributed by atoms with Crippen molar-refractivity contribution in [2.45, 2.75) is 25.8 Å². The fourth-order valence-corrected chi connectivity index (χ4v) is 3.27. The van der Waals surface area contributed by atoms with Gasteiger partial charge in [-0.25, -0.2) is 19.9 Å². The fraction of sp³-hybridized carbons (Fsp3) is 0.263. The number of anilines is 2. The second-order valence-electron chi connectivity index (χ2n) is 6.31. The number of aromatic nitrogens is 5. The van der Waals surface area contributed by atoms with Crippen LogP contribution < -0.4 is 5.32 Å². The van der Waals surface area contributed by atoms with Crippen LogP contribution in [0.15, 0.2) is 49.1 Å². The summed E-state index contributed by atoms with van der Waals surface area (Å²) in [6, 6.07) is 7.41. The Kier molecular flexibility index (Phi) is 4.69. The van der Waals surface area contributed by atoms with Crippen molar-refractivity contribution < 1.29 is 4.79 Å². The van der Waals surface area contributed by atoms with E-state index in [1.165, 1.54) is 12.4 Å². The van der Waals surface area contributed by atoms with Crippen LogP contribution in [0, 0.1) is 6.92 Å². The molecule has 0 saturated carbocycles. The molecule has 0 bridgehead atoms. The number of nitrogens with zero attached hydrogens (tertiary/aromatic N) is 6. The standard InChI is InChI=1S/C19H19N7O/c1-13-23-14(11-18(24-13)25-17-6-2-3-7-22-17)16-5-4-10-26(16)19(27)15-12-20-8-9-21-15/h2-3,6-9,11-12,16H,4-5,10H2,1H3,(H,22,23,24,25)/t16-/m1/s1. The first-order chi connectivity index (χ1) is 13.2. The number of nitrogens with one attached hydrogen (secondary N) is 1. The molecule has 136 valence electrons. The first kappa shape index (κ1) is 17.0. The molecule has 0 aliphatic carbocycles. The molecule has 0 aromatic carbocycles. The molecule has 1 saturated heterocycles. The number of likely N-dealkylation sites (tertiary alicyclic amines) is 1. The van der Waals surface area contributed by atoms with E-state index >= 15 is 0 Å². The van der Waals surface area contributed by atoms with E-state index in [4.69, 9.17) is 0 Å². The number of hydrogen-bond acceptors (Lipinski definition) is 7. The van der Waals surface area contributed by atoms with Gasteiger partial charge in [0.15, 0.2) is 0 Å². The Morgan fingerprint density at radius 3 is 2.85 bits per heavy atom. The maximum Gasteiger partial charge on any atom is 0.274 e. The third-order valence-corrected chi connectivity index (χ3v) is 4.42. The van der Waals surface area contributed by atoms with Gasteiger partial charge in [-0.05, 0) is 31.9 Å². The van der Waals surface area contributed by atoms with Crippen LogP contribution in [0.3, 0.4) is 0 Å². The zero-order chi connectivity index (χ0) is 18.6. The minimum absolute atomic E-state index is 0.106. The van der Waals surface area contributed by atoms with Gasteiger partial charge in [0.05, 0.1) is 17.9 Å². The lowest BCUT2D eigenvalue weighted by atomic mass is 10.1. The molecule has 8 nitrogen and oxygen atoms in total. The number of carbonyl (C=O) groups excluding carboxylic acids is 1. The smallest absolute Gasteiger partial charge is 0.274 e. The van der Waals surface area contributed by atoms with Gasteiger partial charge in [-0.1, -0.05) is 6.07 Å². The molecule has 0 spiro atoms. The highest BCUT2D eigenvalue weighted by Gasteiger charge is 2.32. The number of aryl methyl sites for hydroxylation is 1. The number of hydrogen-bond donors (Lipinski definition) is 1. The first-order valence-corrected chi connectivity index (χ1v) is 8.81. The molecule has 1 aliphatic heterocycles. The van der Waals surface area contributed by atoms with Crippen LogP contribution in [0.5, 0.6) is 0 Å². The van der Waals surface area contributed by atoms with Crippen LogP contribution in [-0.2, 0) is 0 Å². The summed E-state index contributed by atoms with van der Waals surface area (Å²) in [7, 11) is 0. The quantitative estimate of drug-likeness (QED) is 0.763. The molecule has 3 aromatic rings. The molecule has 1 fully saturated rings. The predicted octanol–water partition coefficient (Wildman–Crippen LogP) is 2.69. The summed E-state index contributed by atoms with van der Waals surface area (Å²) < 4.78 is 0. The monoisotopic (exact) mass is 361 g/mol. The van der Waals surface area contributed by atoms with Gasteiger partial charge in [0.2, 0.25) is 0 Å². The molecule has 4 heterocycles. The van der Waals surface area contributed by atoms with E-state index in [0.717, 1.165) is 18.5 Å². The average Bonchev–Trinajstić information content (AvgIpc) is 3.18. The van der Waals surface area contributed by atoms with E-state index in [-0.39, 0.29) is 11.9 Å². The van der Waals surface area contributed by atoms with E-state index in [1.807, 2.05) is 36.1 Å². The zero-order valence-corrected chi connectivity index (χ0v) is 14.9. The van der Waals surface area contributed by atoms with Gasteiger partial charge in [-0.15, -0.1) is 0 Å². The second-order valence-corrected chi connectivity index (χ2v) is 6.31. The molecule has 27 heavy (non-hydrogen) atoms. The summed E-state index contributed by atoms with van der Waals surface area (Å²) in [6.45, 7) is 2.52. The Hall–Kier alpha value is -3.42. The van der Waals surface area contributed by atoms with Gasteiger partial charge < -0.3 is 10.2 Å². The van der Waals surface area contributed by atoms with Gasteiger partial charge in [0.25, 0.3) is 5.91 Å². The zero-order valence-electron chi connectivity index (χ0n) is 14.9. The number of carbonyl (C=O) groups is 1. The van der Waals surface area contributed by atoms with Crippen molar-refractivity contribution in [2.24, 2.45) is 0 Å². The first-order valence-electron chi connectivity index (χ1n) is 8.81. The van der Waals surface area contributed by atoms with E-state index in [2.05, 4.69) is 30.2 Å². The summed E-state index contributed by atoms with van der Waals surface area (Å²) in [5.41, 5.74) is 1.16. The summed E-state index contributed by atoms with van der Waals surface area (Å²) in [5.74, 6) is 1.89. The SMILES string of the molecule is Cc1nc(Nc2ccccn2)cc([C@H]2CCCN2C(=O)c2cnccn2)n1. The van der Waals surface area contributed by atoms with Crippen molar-refractivity contribution in [2.75, 3.05) is 11.9 Å². The molecule has 0 unspecified atom stereocenters. The summed E-state index contributed by atoms with van der Waals surface area (Å²) in [4.78, 5) is 36.1. The minimum Gasteiger partial charge on any atom is -0.329 e. The Morgan fingerprint density at radius 2 is 2.07 bits per heavy atom. The Balaban J connectivity index is 1.61.